The first kappa shape index (κ1) is 16.3. The first-order chi connectivity index (χ1) is 10.7. The molecule has 0 amide bonds. The van der Waals surface area contributed by atoms with Crippen LogP contribution in [0.3, 0.4) is 0 Å². The Hall–Kier alpha value is -1.61. The minimum absolute atomic E-state index is 0.0803. The Morgan fingerprint density at radius 1 is 1.13 bits per heavy atom. The van der Waals surface area contributed by atoms with Crippen LogP contribution >= 0.6 is 0 Å². The van der Waals surface area contributed by atoms with E-state index in [1.54, 1.807) is 0 Å². The number of ketones is 1. The van der Waals surface area contributed by atoms with Crippen molar-refractivity contribution in [3.8, 4) is 0 Å². The van der Waals surface area contributed by atoms with Crippen LogP contribution in [0.25, 0.3) is 10.9 Å². The Balaban J connectivity index is 2.00. The van der Waals surface area contributed by atoms with Crippen molar-refractivity contribution in [2.24, 2.45) is 16.7 Å². The zero-order valence-electron chi connectivity index (χ0n) is 15.2. The van der Waals surface area contributed by atoms with Gasteiger partial charge in [-0.1, -0.05) is 45.9 Å². The topological polar surface area (TPSA) is 25.2 Å². The number of Topliss-reactive ketones (excluding diaryl/α,β-unsaturated/α-hetero) is 1. The third-order valence-corrected chi connectivity index (χ3v) is 6.13. The molecule has 0 unspecified atom stereocenters. The summed E-state index contributed by atoms with van der Waals surface area (Å²) in [6.07, 6.45) is 2.07. The van der Waals surface area contributed by atoms with Gasteiger partial charge in [-0.05, 0) is 31.0 Å². The van der Waals surface area contributed by atoms with E-state index in [0.29, 0.717) is 5.78 Å². The van der Waals surface area contributed by atoms with E-state index < -0.39 is 0 Å². The molecule has 124 valence electrons. The third kappa shape index (κ3) is 2.42. The van der Waals surface area contributed by atoms with Crippen molar-refractivity contribution >= 4 is 16.7 Å². The van der Waals surface area contributed by atoms with Gasteiger partial charge in [0.25, 0.3) is 0 Å². The van der Waals surface area contributed by atoms with Gasteiger partial charge in [-0.2, -0.15) is 0 Å². The smallest absolute Gasteiger partial charge is 0.169 e. The lowest BCUT2D eigenvalue weighted by molar-refractivity contribution is 0.0946. The SMILES string of the molecule is CN(C)CCn1cc(C(=O)C2C(C)(C)C2(C)C)c2ccccc21. The highest BCUT2D eigenvalue weighted by atomic mass is 16.1. The molecule has 1 fully saturated rings. The van der Waals surface area contributed by atoms with E-state index in [1.807, 2.05) is 12.1 Å². The first-order valence-corrected chi connectivity index (χ1v) is 8.44. The van der Waals surface area contributed by atoms with E-state index in [1.165, 1.54) is 0 Å². The van der Waals surface area contributed by atoms with Gasteiger partial charge < -0.3 is 9.47 Å². The summed E-state index contributed by atoms with van der Waals surface area (Å²) in [4.78, 5) is 15.3. The van der Waals surface area contributed by atoms with E-state index in [0.717, 1.165) is 29.6 Å². The van der Waals surface area contributed by atoms with Crippen molar-refractivity contribution in [2.45, 2.75) is 34.2 Å². The van der Waals surface area contributed by atoms with E-state index in [9.17, 15) is 4.79 Å². The average molecular weight is 312 g/mol. The van der Waals surface area contributed by atoms with Crippen molar-refractivity contribution in [3.05, 3.63) is 36.0 Å². The third-order valence-electron chi connectivity index (χ3n) is 6.13. The fourth-order valence-corrected chi connectivity index (χ4v) is 3.94. The zero-order valence-corrected chi connectivity index (χ0v) is 15.2. The van der Waals surface area contributed by atoms with Gasteiger partial charge in [-0.15, -0.1) is 0 Å². The van der Waals surface area contributed by atoms with Gasteiger partial charge in [-0.3, -0.25) is 4.79 Å². The molecule has 3 rings (SSSR count). The number of carbonyl (C=O) groups is 1. The lowest BCUT2D eigenvalue weighted by Crippen LogP contribution is -2.18. The number of carbonyl (C=O) groups excluding carboxylic acids is 1. The molecule has 1 aromatic heterocycles. The van der Waals surface area contributed by atoms with Crippen LogP contribution in [0.1, 0.15) is 38.1 Å². The normalized spacial score (nSPS) is 19.4. The Labute approximate surface area is 139 Å². The minimum Gasteiger partial charge on any atom is -0.345 e. The van der Waals surface area contributed by atoms with E-state index >= 15 is 0 Å². The molecule has 1 aliphatic carbocycles. The highest BCUT2D eigenvalue weighted by molar-refractivity contribution is 6.11. The Morgan fingerprint density at radius 2 is 1.74 bits per heavy atom. The Morgan fingerprint density at radius 3 is 2.30 bits per heavy atom. The van der Waals surface area contributed by atoms with Crippen LogP contribution in [0.2, 0.25) is 0 Å². The van der Waals surface area contributed by atoms with Crippen molar-refractivity contribution in [3.63, 3.8) is 0 Å². The van der Waals surface area contributed by atoms with Crippen molar-refractivity contribution in [1.82, 2.24) is 9.47 Å². The molecular formula is C20H28N2O. The van der Waals surface area contributed by atoms with Gasteiger partial charge >= 0.3 is 0 Å². The number of hydrogen-bond donors (Lipinski definition) is 0. The fourth-order valence-electron chi connectivity index (χ4n) is 3.94. The molecule has 3 heteroatoms. The molecule has 0 atom stereocenters. The molecule has 0 radical (unpaired) electrons. The summed E-state index contributed by atoms with van der Waals surface area (Å²) in [6.45, 7) is 10.7. The monoisotopic (exact) mass is 312 g/mol. The fraction of sp³-hybridized carbons (Fsp3) is 0.550. The highest BCUT2D eigenvalue weighted by Gasteiger charge is 2.68. The number of likely N-dealkylation sites (N-methyl/N-ethyl adjacent to an activating group) is 1. The van der Waals surface area contributed by atoms with E-state index in [-0.39, 0.29) is 16.7 Å². The van der Waals surface area contributed by atoms with Crippen molar-refractivity contribution < 1.29 is 4.79 Å². The molecule has 0 N–H and O–H groups in total. The molecule has 0 aliphatic heterocycles. The summed E-state index contributed by atoms with van der Waals surface area (Å²) < 4.78 is 2.23. The summed E-state index contributed by atoms with van der Waals surface area (Å²) in [6, 6.07) is 8.27. The molecule has 3 nitrogen and oxygen atoms in total. The van der Waals surface area contributed by atoms with Crippen LogP contribution in [0.15, 0.2) is 30.5 Å². The maximum absolute atomic E-state index is 13.2. The summed E-state index contributed by atoms with van der Waals surface area (Å²) in [5, 5.41) is 1.09. The lowest BCUT2D eigenvalue weighted by atomic mass is 10.0. The van der Waals surface area contributed by atoms with Gasteiger partial charge in [-0.25, -0.2) is 0 Å². The van der Waals surface area contributed by atoms with Gasteiger partial charge in [0.1, 0.15) is 0 Å². The highest BCUT2D eigenvalue weighted by Crippen LogP contribution is 2.69. The maximum Gasteiger partial charge on any atom is 0.169 e. The summed E-state index contributed by atoms with van der Waals surface area (Å²) in [7, 11) is 4.15. The second kappa shape index (κ2) is 5.20. The number of para-hydroxylation sites is 1. The Bertz CT molecular complexity index is 738. The minimum atomic E-state index is 0.0803. The number of fused-ring (bicyclic) bond motifs is 1. The molecule has 23 heavy (non-hydrogen) atoms. The van der Waals surface area contributed by atoms with E-state index in [4.69, 9.17) is 0 Å². The first-order valence-electron chi connectivity index (χ1n) is 8.44. The van der Waals surface area contributed by atoms with Crippen LogP contribution in [0.4, 0.5) is 0 Å². The van der Waals surface area contributed by atoms with Gasteiger partial charge in [0.15, 0.2) is 5.78 Å². The molecule has 0 saturated heterocycles. The van der Waals surface area contributed by atoms with Gasteiger partial charge in [0, 0.05) is 41.7 Å². The van der Waals surface area contributed by atoms with Gasteiger partial charge in [0.2, 0.25) is 0 Å². The van der Waals surface area contributed by atoms with Crippen LogP contribution < -0.4 is 0 Å². The predicted molar refractivity (Wildman–Crippen MR) is 95.9 cm³/mol. The molecule has 1 aromatic carbocycles. The van der Waals surface area contributed by atoms with Crippen LogP contribution in [-0.4, -0.2) is 35.9 Å². The van der Waals surface area contributed by atoms with Crippen molar-refractivity contribution in [2.75, 3.05) is 20.6 Å². The van der Waals surface area contributed by atoms with Crippen LogP contribution in [0.5, 0.6) is 0 Å². The summed E-state index contributed by atoms with van der Waals surface area (Å²) in [5.41, 5.74) is 2.21. The number of hydrogen-bond acceptors (Lipinski definition) is 2. The van der Waals surface area contributed by atoms with Crippen molar-refractivity contribution in [1.29, 1.82) is 0 Å². The number of aromatic nitrogens is 1. The maximum atomic E-state index is 13.2. The second-order valence-corrected chi connectivity index (χ2v) is 8.30. The molecule has 0 spiro atoms. The predicted octanol–water partition coefficient (Wildman–Crippen LogP) is 4.07. The standard InChI is InChI=1S/C20H28N2O/c1-19(2)18(20(19,3)4)17(23)15-13-22(12-11-21(5)6)16-10-8-7-9-14(15)16/h7-10,13,18H,11-12H2,1-6H3. The van der Waals surface area contributed by atoms with E-state index in [2.05, 4.69) is 69.6 Å². The second-order valence-electron chi connectivity index (χ2n) is 8.30. The molecule has 1 aliphatic rings. The van der Waals surface area contributed by atoms with Gasteiger partial charge in [0.05, 0.1) is 0 Å². The average Bonchev–Trinajstić information content (AvgIpc) is 2.77. The number of nitrogens with zero attached hydrogens (tertiary/aromatic N) is 2. The molecule has 1 heterocycles. The Kier molecular flexibility index (Phi) is 3.68. The summed E-state index contributed by atoms with van der Waals surface area (Å²) >= 11 is 0. The summed E-state index contributed by atoms with van der Waals surface area (Å²) in [5.74, 6) is 0.419. The largest absolute Gasteiger partial charge is 0.345 e. The number of rotatable bonds is 5. The molecule has 1 saturated carbocycles. The lowest BCUT2D eigenvalue weighted by Gasteiger charge is -2.10. The number of benzene rings is 1. The molecular weight excluding hydrogens is 284 g/mol. The molecule has 2 aromatic rings. The zero-order chi connectivity index (χ0) is 17.0. The quantitative estimate of drug-likeness (QED) is 0.778. The van der Waals surface area contributed by atoms with Crippen LogP contribution in [-0.2, 0) is 6.54 Å². The van der Waals surface area contributed by atoms with Crippen LogP contribution in [0, 0.1) is 16.7 Å². The molecule has 0 bridgehead atoms.